The van der Waals surface area contributed by atoms with Crippen LogP contribution in [-0.4, -0.2) is 31.4 Å². The third-order valence-electron chi connectivity index (χ3n) is 4.12. The zero-order valence-electron chi connectivity index (χ0n) is 15.5. The molecule has 0 aliphatic rings. The second kappa shape index (κ2) is 8.83. The summed E-state index contributed by atoms with van der Waals surface area (Å²) in [6.07, 6.45) is 3.28. The third kappa shape index (κ3) is 4.52. The van der Waals surface area contributed by atoms with Gasteiger partial charge in [0, 0.05) is 29.3 Å². The fraction of sp³-hybridized carbons (Fsp3) is 0.0476. The molecule has 2 aromatic heterocycles. The molecule has 0 saturated carbocycles. The van der Waals surface area contributed by atoms with Crippen molar-refractivity contribution in [1.29, 1.82) is 0 Å². The number of pyridine rings is 1. The molecule has 0 aliphatic heterocycles. The van der Waals surface area contributed by atoms with Gasteiger partial charge in [-0.3, -0.25) is 14.3 Å². The Labute approximate surface area is 175 Å². The first kappa shape index (κ1) is 19.7. The van der Waals surface area contributed by atoms with Crippen LogP contribution in [0.5, 0.6) is 0 Å². The Hall–Kier alpha value is -3.59. The molecular weight excluding hydrogens is 408 g/mol. The van der Waals surface area contributed by atoms with Crippen molar-refractivity contribution in [3.05, 3.63) is 84.7 Å². The summed E-state index contributed by atoms with van der Waals surface area (Å²) in [5.41, 5.74) is 1.94. The van der Waals surface area contributed by atoms with Crippen LogP contribution in [0.25, 0.3) is 17.1 Å². The molecule has 30 heavy (non-hydrogen) atoms. The third-order valence-corrected chi connectivity index (χ3v) is 5.05. The van der Waals surface area contributed by atoms with Crippen molar-refractivity contribution in [3.8, 4) is 17.1 Å². The molecule has 1 N–H and O–H groups in total. The second-order valence-corrected chi connectivity index (χ2v) is 7.14. The minimum Gasteiger partial charge on any atom is -0.325 e. The highest BCUT2D eigenvalue weighted by molar-refractivity contribution is 7.99. The lowest BCUT2D eigenvalue weighted by molar-refractivity contribution is -0.113. The van der Waals surface area contributed by atoms with E-state index >= 15 is 0 Å². The van der Waals surface area contributed by atoms with Crippen molar-refractivity contribution in [3.63, 3.8) is 0 Å². The zero-order valence-corrected chi connectivity index (χ0v) is 16.3. The summed E-state index contributed by atoms with van der Waals surface area (Å²) in [6.45, 7) is 0. The number of hydrogen-bond acceptors (Lipinski definition) is 5. The number of nitrogens with zero attached hydrogens (tertiary/aromatic N) is 4. The van der Waals surface area contributed by atoms with E-state index in [0.717, 1.165) is 5.56 Å². The molecule has 0 unspecified atom stereocenters. The molecule has 4 aromatic rings. The Bertz CT molecular complexity index is 1150. The minimum atomic E-state index is -0.376. The Morgan fingerprint density at radius 2 is 1.53 bits per heavy atom. The van der Waals surface area contributed by atoms with Gasteiger partial charge in [0.1, 0.15) is 11.6 Å². The average Bonchev–Trinajstić information content (AvgIpc) is 3.19. The summed E-state index contributed by atoms with van der Waals surface area (Å²) in [7, 11) is 0. The summed E-state index contributed by atoms with van der Waals surface area (Å²) in [5.74, 6) is -0.396. The summed E-state index contributed by atoms with van der Waals surface area (Å²) in [5, 5.41) is 11.6. The van der Waals surface area contributed by atoms with Crippen molar-refractivity contribution in [2.75, 3.05) is 11.1 Å². The number of halogens is 2. The molecule has 6 nitrogen and oxygen atoms in total. The van der Waals surface area contributed by atoms with E-state index in [4.69, 9.17) is 0 Å². The van der Waals surface area contributed by atoms with Crippen molar-refractivity contribution in [1.82, 2.24) is 19.7 Å². The van der Waals surface area contributed by atoms with Gasteiger partial charge in [0.2, 0.25) is 5.91 Å². The SMILES string of the molecule is O=C(CSc1nnc(-c2ccncc2)n1-c1ccc(F)cc1)Nc1ccc(F)cc1. The Morgan fingerprint density at radius 1 is 0.900 bits per heavy atom. The Morgan fingerprint density at radius 3 is 2.20 bits per heavy atom. The quantitative estimate of drug-likeness (QED) is 0.467. The number of carbonyl (C=O) groups is 1. The molecule has 4 rings (SSSR count). The molecule has 150 valence electrons. The first-order valence-electron chi connectivity index (χ1n) is 8.90. The van der Waals surface area contributed by atoms with Gasteiger partial charge in [0.05, 0.1) is 5.75 Å². The number of amides is 1. The molecule has 0 atom stereocenters. The lowest BCUT2D eigenvalue weighted by Gasteiger charge is -2.10. The average molecular weight is 423 g/mol. The number of hydrogen-bond donors (Lipinski definition) is 1. The van der Waals surface area contributed by atoms with Crippen molar-refractivity contribution in [2.24, 2.45) is 0 Å². The molecule has 0 fully saturated rings. The number of anilines is 1. The fourth-order valence-electron chi connectivity index (χ4n) is 2.73. The maximum atomic E-state index is 13.4. The number of benzene rings is 2. The van der Waals surface area contributed by atoms with Gasteiger partial charge in [-0.2, -0.15) is 0 Å². The van der Waals surface area contributed by atoms with E-state index in [1.54, 1.807) is 41.2 Å². The molecule has 0 saturated heterocycles. The van der Waals surface area contributed by atoms with Gasteiger partial charge in [-0.05, 0) is 60.7 Å². The van der Waals surface area contributed by atoms with Crippen LogP contribution in [0.3, 0.4) is 0 Å². The van der Waals surface area contributed by atoms with Gasteiger partial charge >= 0.3 is 0 Å². The molecule has 2 aromatic carbocycles. The first-order chi connectivity index (χ1) is 14.6. The van der Waals surface area contributed by atoms with Gasteiger partial charge in [0.15, 0.2) is 11.0 Å². The van der Waals surface area contributed by atoms with Crippen LogP contribution in [0.15, 0.2) is 78.2 Å². The van der Waals surface area contributed by atoms with Gasteiger partial charge in [-0.1, -0.05) is 11.8 Å². The van der Waals surface area contributed by atoms with E-state index in [1.807, 2.05) is 0 Å². The molecule has 0 aliphatic carbocycles. The summed E-state index contributed by atoms with van der Waals surface area (Å²) in [6, 6.07) is 15.0. The molecule has 0 spiro atoms. The highest BCUT2D eigenvalue weighted by atomic mass is 32.2. The fourth-order valence-corrected chi connectivity index (χ4v) is 3.49. The number of aromatic nitrogens is 4. The van der Waals surface area contributed by atoms with E-state index in [2.05, 4.69) is 20.5 Å². The predicted molar refractivity (Wildman–Crippen MR) is 110 cm³/mol. The van der Waals surface area contributed by atoms with Crippen LogP contribution in [0.2, 0.25) is 0 Å². The molecule has 1 amide bonds. The van der Waals surface area contributed by atoms with E-state index in [1.165, 1.54) is 48.2 Å². The monoisotopic (exact) mass is 423 g/mol. The molecule has 0 bridgehead atoms. The summed E-state index contributed by atoms with van der Waals surface area (Å²) < 4.78 is 28.2. The normalized spacial score (nSPS) is 10.7. The summed E-state index contributed by atoms with van der Waals surface area (Å²) >= 11 is 1.19. The highest BCUT2D eigenvalue weighted by Gasteiger charge is 2.17. The number of nitrogens with one attached hydrogen (secondary N) is 1. The Balaban J connectivity index is 1.58. The molecule has 2 heterocycles. The van der Waals surface area contributed by atoms with Crippen molar-refractivity contribution >= 4 is 23.4 Å². The topological polar surface area (TPSA) is 72.7 Å². The van der Waals surface area contributed by atoms with E-state index in [-0.39, 0.29) is 23.3 Å². The van der Waals surface area contributed by atoms with Crippen molar-refractivity contribution in [2.45, 2.75) is 5.16 Å². The summed E-state index contributed by atoms with van der Waals surface area (Å²) in [4.78, 5) is 16.3. The standard InChI is InChI=1S/C21H15F2N5OS/c22-15-1-5-17(6-2-15)25-19(29)13-30-21-27-26-20(14-9-11-24-12-10-14)28(21)18-7-3-16(23)4-8-18/h1-12H,13H2,(H,25,29). The van der Waals surface area contributed by atoms with E-state index in [9.17, 15) is 13.6 Å². The molecule has 9 heteroatoms. The predicted octanol–water partition coefficient (Wildman–Crippen LogP) is 4.34. The Kier molecular flexibility index (Phi) is 5.80. The number of rotatable bonds is 6. The lowest BCUT2D eigenvalue weighted by atomic mass is 10.2. The van der Waals surface area contributed by atoms with Gasteiger partial charge in [-0.25, -0.2) is 8.78 Å². The maximum absolute atomic E-state index is 13.4. The maximum Gasteiger partial charge on any atom is 0.234 e. The number of carbonyl (C=O) groups excluding carboxylic acids is 1. The van der Waals surface area contributed by atoms with Gasteiger partial charge < -0.3 is 5.32 Å². The molecular formula is C21H15F2N5OS. The van der Waals surface area contributed by atoms with Gasteiger partial charge in [0.25, 0.3) is 0 Å². The van der Waals surface area contributed by atoms with E-state index < -0.39 is 0 Å². The lowest BCUT2D eigenvalue weighted by Crippen LogP contribution is -2.14. The van der Waals surface area contributed by atoms with Crippen LogP contribution >= 0.6 is 11.8 Å². The van der Waals surface area contributed by atoms with Crippen LogP contribution in [0.4, 0.5) is 14.5 Å². The van der Waals surface area contributed by atoms with Crippen LogP contribution in [0, 0.1) is 11.6 Å². The first-order valence-corrected chi connectivity index (χ1v) is 9.89. The minimum absolute atomic E-state index is 0.0625. The van der Waals surface area contributed by atoms with Crippen LogP contribution < -0.4 is 5.32 Å². The van der Waals surface area contributed by atoms with Gasteiger partial charge in [-0.15, -0.1) is 10.2 Å². The smallest absolute Gasteiger partial charge is 0.234 e. The van der Waals surface area contributed by atoms with Crippen LogP contribution in [-0.2, 0) is 4.79 Å². The highest BCUT2D eigenvalue weighted by Crippen LogP contribution is 2.28. The number of thioether (sulfide) groups is 1. The van der Waals surface area contributed by atoms with E-state index in [0.29, 0.717) is 22.4 Å². The van der Waals surface area contributed by atoms with Crippen LogP contribution in [0.1, 0.15) is 0 Å². The second-order valence-electron chi connectivity index (χ2n) is 6.20. The largest absolute Gasteiger partial charge is 0.325 e. The van der Waals surface area contributed by atoms with Crippen molar-refractivity contribution < 1.29 is 13.6 Å². The zero-order chi connectivity index (χ0) is 20.9. The molecule has 0 radical (unpaired) electrons.